The highest BCUT2D eigenvalue weighted by molar-refractivity contribution is 7.80. The molecule has 2 aromatic carbocycles. The van der Waals surface area contributed by atoms with Gasteiger partial charge in [0, 0.05) is 6.54 Å². The first-order valence-electron chi connectivity index (χ1n) is 8.49. The highest BCUT2D eigenvalue weighted by atomic mass is 35.5. The van der Waals surface area contributed by atoms with Crippen molar-refractivity contribution in [2.45, 2.75) is 20.0 Å². The second-order valence-corrected chi connectivity index (χ2v) is 6.84. The van der Waals surface area contributed by atoms with Gasteiger partial charge in [0.2, 0.25) is 0 Å². The van der Waals surface area contributed by atoms with Crippen LogP contribution in [0.15, 0.2) is 48.2 Å². The topological polar surface area (TPSA) is 41.6 Å². The number of rotatable bonds is 6. The molecule has 3 rings (SSSR count). The van der Waals surface area contributed by atoms with Crippen LogP contribution in [0.4, 0.5) is 4.39 Å². The number of nitrogens with one attached hydrogen (secondary N) is 1. The fourth-order valence-electron chi connectivity index (χ4n) is 2.63. The molecule has 27 heavy (non-hydrogen) atoms. The lowest BCUT2D eigenvalue weighted by Gasteiger charge is -2.11. The van der Waals surface area contributed by atoms with E-state index in [0.717, 1.165) is 17.5 Å². The Hall–Kier alpha value is -2.44. The molecule has 0 aromatic heterocycles. The van der Waals surface area contributed by atoms with Gasteiger partial charge in [0.15, 0.2) is 5.11 Å². The van der Waals surface area contributed by atoms with Gasteiger partial charge in [-0.25, -0.2) is 4.39 Å². The molecule has 140 valence electrons. The molecular weight excluding hydrogens is 387 g/mol. The van der Waals surface area contributed by atoms with E-state index in [2.05, 4.69) is 5.32 Å². The average molecular weight is 405 g/mol. The lowest BCUT2D eigenvalue weighted by atomic mass is 10.1. The monoisotopic (exact) mass is 404 g/mol. The first-order valence-corrected chi connectivity index (χ1v) is 9.28. The van der Waals surface area contributed by atoms with Crippen LogP contribution in [-0.4, -0.2) is 22.5 Å². The van der Waals surface area contributed by atoms with Crippen LogP contribution in [0.25, 0.3) is 6.08 Å². The summed E-state index contributed by atoms with van der Waals surface area (Å²) in [6, 6.07) is 11.3. The fraction of sp³-hybridized carbons (Fsp3) is 0.200. The van der Waals surface area contributed by atoms with Crippen LogP contribution in [-0.2, 0) is 11.4 Å². The van der Waals surface area contributed by atoms with Crippen molar-refractivity contribution in [2.24, 2.45) is 0 Å². The largest absolute Gasteiger partial charge is 0.487 e. The van der Waals surface area contributed by atoms with Crippen molar-refractivity contribution in [3.8, 4) is 5.75 Å². The van der Waals surface area contributed by atoms with Crippen LogP contribution in [0, 0.1) is 5.82 Å². The summed E-state index contributed by atoms with van der Waals surface area (Å²) < 4.78 is 18.6. The lowest BCUT2D eigenvalue weighted by molar-refractivity contribution is -0.122. The molecule has 1 amide bonds. The third-order valence-corrected chi connectivity index (χ3v) is 4.60. The number of nitrogens with zero attached hydrogens (tertiary/aromatic N) is 1. The number of halogens is 2. The van der Waals surface area contributed by atoms with E-state index in [0.29, 0.717) is 28.1 Å². The molecule has 1 aliphatic heterocycles. The van der Waals surface area contributed by atoms with Gasteiger partial charge in [-0.1, -0.05) is 36.7 Å². The maximum absolute atomic E-state index is 12.9. The van der Waals surface area contributed by atoms with E-state index in [1.54, 1.807) is 41.3 Å². The maximum Gasteiger partial charge on any atom is 0.276 e. The van der Waals surface area contributed by atoms with Gasteiger partial charge in [-0.3, -0.25) is 9.69 Å². The van der Waals surface area contributed by atoms with Gasteiger partial charge in [-0.05, 0) is 60.1 Å². The van der Waals surface area contributed by atoms with Gasteiger partial charge in [-0.15, -0.1) is 0 Å². The van der Waals surface area contributed by atoms with Crippen LogP contribution in [0.5, 0.6) is 5.75 Å². The van der Waals surface area contributed by atoms with Gasteiger partial charge in [0.25, 0.3) is 5.91 Å². The Morgan fingerprint density at radius 3 is 2.67 bits per heavy atom. The number of thiocarbonyl (C=S) groups is 1. The summed E-state index contributed by atoms with van der Waals surface area (Å²) in [6.07, 6.45) is 2.53. The minimum atomic E-state index is -0.291. The van der Waals surface area contributed by atoms with Crippen LogP contribution in [0.1, 0.15) is 24.5 Å². The van der Waals surface area contributed by atoms with E-state index >= 15 is 0 Å². The number of carbonyl (C=O) groups excluding carboxylic acids is 1. The molecule has 1 aliphatic rings. The Balaban J connectivity index is 1.70. The molecule has 0 bridgehead atoms. The molecule has 0 spiro atoms. The molecule has 7 heteroatoms. The van der Waals surface area contributed by atoms with E-state index in [1.165, 1.54) is 12.1 Å². The van der Waals surface area contributed by atoms with Crippen LogP contribution in [0.2, 0.25) is 5.02 Å². The minimum absolute atomic E-state index is 0.144. The molecule has 1 heterocycles. The Morgan fingerprint density at radius 2 is 2.00 bits per heavy atom. The zero-order valence-electron chi connectivity index (χ0n) is 14.7. The molecule has 2 aromatic rings. The van der Waals surface area contributed by atoms with Crippen LogP contribution < -0.4 is 10.1 Å². The quantitative estimate of drug-likeness (QED) is 0.567. The second kappa shape index (κ2) is 8.50. The van der Waals surface area contributed by atoms with Gasteiger partial charge >= 0.3 is 0 Å². The van der Waals surface area contributed by atoms with Gasteiger partial charge in [-0.2, -0.15) is 0 Å². The van der Waals surface area contributed by atoms with Crippen molar-refractivity contribution in [3.05, 3.63) is 70.1 Å². The second-order valence-electron chi connectivity index (χ2n) is 6.05. The smallest absolute Gasteiger partial charge is 0.276 e. The molecule has 1 N–H and O–H groups in total. The summed E-state index contributed by atoms with van der Waals surface area (Å²) in [5.74, 6) is 0.0767. The SMILES string of the molecule is CCCN1C(=O)/C(=C/c2ccc(OCc3ccc(F)cc3)c(Cl)c2)NC1=S. The number of amides is 1. The number of benzene rings is 2. The normalized spacial score (nSPS) is 15.4. The van der Waals surface area contributed by atoms with Crippen molar-refractivity contribution < 1.29 is 13.9 Å². The summed E-state index contributed by atoms with van der Waals surface area (Å²) in [7, 11) is 0. The third kappa shape index (κ3) is 4.64. The first kappa shape index (κ1) is 19.3. The van der Waals surface area contributed by atoms with Crippen molar-refractivity contribution in [1.29, 1.82) is 0 Å². The van der Waals surface area contributed by atoms with Crippen LogP contribution in [0.3, 0.4) is 0 Å². The van der Waals surface area contributed by atoms with Crippen molar-refractivity contribution in [3.63, 3.8) is 0 Å². The highest BCUT2D eigenvalue weighted by Crippen LogP contribution is 2.27. The molecule has 0 radical (unpaired) electrons. The number of ether oxygens (including phenoxy) is 1. The van der Waals surface area contributed by atoms with E-state index in [-0.39, 0.29) is 18.3 Å². The van der Waals surface area contributed by atoms with Gasteiger partial charge in [0.05, 0.1) is 5.02 Å². The van der Waals surface area contributed by atoms with Crippen LogP contribution >= 0.6 is 23.8 Å². The van der Waals surface area contributed by atoms with Gasteiger partial charge < -0.3 is 10.1 Å². The summed E-state index contributed by atoms with van der Waals surface area (Å²) in [5.41, 5.74) is 2.01. The number of hydrogen-bond donors (Lipinski definition) is 1. The molecule has 1 saturated heterocycles. The summed E-state index contributed by atoms with van der Waals surface area (Å²) >= 11 is 11.5. The van der Waals surface area contributed by atoms with Crippen molar-refractivity contribution in [2.75, 3.05) is 6.54 Å². The molecule has 0 aliphatic carbocycles. The summed E-state index contributed by atoms with van der Waals surface area (Å²) in [5, 5.41) is 3.77. The maximum atomic E-state index is 12.9. The lowest BCUT2D eigenvalue weighted by Crippen LogP contribution is -2.31. The Kier molecular flexibility index (Phi) is 6.08. The highest BCUT2D eigenvalue weighted by Gasteiger charge is 2.29. The predicted molar refractivity (Wildman–Crippen MR) is 108 cm³/mol. The van der Waals surface area contributed by atoms with Crippen molar-refractivity contribution in [1.82, 2.24) is 10.2 Å². The van der Waals surface area contributed by atoms with Crippen molar-refractivity contribution >= 4 is 40.9 Å². The summed E-state index contributed by atoms with van der Waals surface area (Å²) in [6.45, 7) is 2.85. The van der Waals surface area contributed by atoms with Gasteiger partial charge in [0.1, 0.15) is 23.9 Å². The standard InChI is InChI=1S/C20H18ClFN2O2S/c1-2-9-24-19(25)17(23-20(24)27)11-14-5-8-18(16(21)10-14)26-12-13-3-6-15(22)7-4-13/h3-8,10-11H,2,9,12H2,1H3,(H,23,27)/b17-11-. The molecule has 0 saturated carbocycles. The molecular formula is C20H18ClFN2O2S. The number of hydrogen-bond acceptors (Lipinski definition) is 3. The average Bonchev–Trinajstić information content (AvgIpc) is 2.90. The molecule has 0 unspecified atom stereocenters. The predicted octanol–water partition coefficient (Wildman–Crippen LogP) is 4.53. The van der Waals surface area contributed by atoms with E-state index in [1.807, 2.05) is 6.92 Å². The zero-order chi connectivity index (χ0) is 19.4. The molecule has 4 nitrogen and oxygen atoms in total. The number of carbonyl (C=O) groups is 1. The Labute approximate surface area is 167 Å². The fourth-order valence-corrected chi connectivity index (χ4v) is 3.16. The molecule has 0 atom stereocenters. The molecule has 1 fully saturated rings. The van der Waals surface area contributed by atoms with E-state index < -0.39 is 0 Å². The third-order valence-electron chi connectivity index (χ3n) is 3.98. The first-order chi connectivity index (χ1) is 13.0. The Bertz CT molecular complexity index is 899. The minimum Gasteiger partial charge on any atom is -0.487 e. The van der Waals surface area contributed by atoms with E-state index in [9.17, 15) is 9.18 Å². The summed E-state index contributed by atoms with van der Waals surface area (Å²) in [4.78, 5) is 13.9. The zero-order valence-corrected chi connectivity index (χ0v) is 16.2. The Morgan fingerprint density at radius 1 is 1.26 bits per heavy atom. The van der Waals surface area contributed by atoms with E-state index in [4.69, 9.17) is 28.6 Å².